The Morgan fingerprint density at radius 3 is 0.889 bits per heavy atom. The van der Waals surface area contributed by atoms with Gasteiger partial charge in [-0.15, -0.1) is 0 Å². The molecule has 0 atom stereocenters. The molecular weight excluding hydrogens is 1110 g/mol. The summed E-state index contributed by atoms with van der Waals surface area (Å²) in [6.45, 7) is 0. The van der Waals surface area contributed by atoms with E-state index in [0.717, 1.165) is 24.2 Å². The van der Waals surface area contributed by atoms with Gasteiger partial charge in [-0.2, -0.15) is 4.79 Å². The molecule has 0 bridgehead atoms. The third-order valence-corrected chi connectivity index (χ3v) is 13.8. The average Bonchev–Trinajstić information content (AvgIpc) is 3.31. The Morgan fingerprint density at radius 1 is 0.389 bits per heavy atom. The number of rotatable bonds is 5. The zero-order chi connectivity index (χ0) is 38.2. The lowest BCUT2D eigenvalue weighted by Crippen LogP contribution is -2.15. The highest BCUT2D eigenvalue weighted by molar-refractivity contribution is 14.1. The van der Waals surface area contributed by atoms with E-state index in [0.29, 0.717) is 11.6 Å². The molecule has 0 spiro atoms. The van der Waals surface area contributed by atoms with Crippen LogP contribution in [-0.4, -0.2) is 10.5 Å². The van der Waals surface area contributed by atoms with Crippen LogP contribution in [0.15, 0.2) is 97.1 Å². The molecule has 6 heteroatoms. The highest BCUT2D eigenvalue weighted by atomic mass is 127. The van der Waals surface area contributed by atoms with Gasteiger partial charge >= 0.3 is 5.71 Å². The first-order valence-corrected chi connectivity index (χ1v) is 25.0. The van der Waals surface area contributed by atoms with Crippen molar-refractivity contribution in [2.24, 2.45) is 5.92 Å². The van der Waals surface area contributed by atoms with Crippen LogP contribution in [0.3, 0.4) is 0 Å². The van der Waals surface area contributed by atoms with Gasteiger partial charge in [-0.05, 0) is 193 Å². The number of hydrogen-bond donors (Lipinski definition) is 0. The zero-order valence-corrected chi connectivity index (χ0v) is 40.8. The Morgan fingerprint density at radius 2 is 0.630 bits per heavy atom. The van der Waals surface area contributed by atoms with Crippen LogP contribution in [0.1, 0.15) is 163 Å². The van der Waals surface area contributed by atoms with E-state index >= 15 is 0 Å². The minimum atomic E-state index is 0.546. The fraction of sp³-hybridized carbons (Fsp3) is 0.479. The number of halogens is 4. The van der Waals surface area contributed by atoms with Crippen LogP contribution in [0.4, 0.5) is 0 Å². The summed E-state index contributed by atoms with van der Waals surface area (Å²) in [6.07, 6.45) is 30.7. The van der Waals surface area contributed by atoms with Gasteiger partial charge < -0.3 is 5.53 Å². The van der Waals surface area contributed by atoms with Gasteiger partial charge in [0.05, 0.1) is 11.1 Å². The third-order valence-electron chi connectivity index (χ3n) is 10.9. The smallest absolute Gasteiger partial charge is 0.329 e. The van der Waals surface area contributed by atoms with Gasteiger partial charge in [0.1, 0.15) is 0 Å². The van der Waals surface area contributed by atoms with Gasteiger partial charge in [0.15, 0.2) is 0 Å². The van der Waals surface area contributed by atoms with Crippen LogP contribution >= 0.6 is 90.4 Å². The lowest BCUT2D eigenvalue weighted by molar-refractivity contribution is -0.00279. The molecule has 0 heterocycles. The van der Waals surface area contributed by atoms with Gasteiger partial charge in [0, 0.05) is 20.2 Å². The Labute approximate surface area is 382 Å². The van der Waals surface area contributed by atoms with E-state index < -0.39 is 0 Å². The maximum absolute atomic E-state index is 9.16. The predicted octanol–water partition coefficient (Wildman–Crippen LogP) is 16.8. The van der Waals surface area contributed by atoms with Crippen LogP contribution in [0, 0.1) is 20.2 Å². The summed E-state index contributed by atoms with van der Waals surface area (Å²) < 4.78 is 4.97. The van der Waals surface area contributed by atoms with E-state index in [9.17, 15) is 0 Å². The summed E-state index contributed by atoms with van der Waals surface area (Å²) in [5, 5.41) is 0. The van der Waals surface area contributed by atoms with Crippen molar-refractivity contribution in [2.75, 3.05) is 0 Å². The van der Waals surface area contributed by atoms with Crippen molar-refractivity contribution in [3.63, 3.8) is 0 Å². The predicted molar refractivity (Wildman–Crippen MR) is 266 cm³/mol. The number of nitrogens with zero attached hydrogens (tertiary/aromatic N) is 2. The molecule has 2 fully saturated rings. The van der Waals surface area contributed by atoms with Crippen molar-refractivity contribution in [1.29, 1.82) is 0 Å². The zero-order valence-electron chi connectivity index (χ0n) is 32.1. The van der Waals surface area contributed by atoms with E-state index in [1.165, 1.54) is 153 Å². The average molecular weight is 1170 g/mol. The van der Waals surface area contributed by atoms with E-state index in [1.54, 1.807) is 0 Å². The molecule has 2 aliphatic carbocycles. The van der Waals surface area contributed by atoms with Crippen molar-refractivity contribution in [3.8, 4) is 0 Å². The van der Waals surface area contributed by atoms with Gasteiger partial charge in [-0.3, -0.25) is 0 Å². The van der Waals surface area contributed by atoms with Crippen LogP contribution in [0.2, 0.25) is 0 Å². The molecule has 0 aromatic heterocycles. The molecule has 2 aliphatic rings. The summed E-state index contributed by atoms with van der Waals surface area (Å²) in [4.78, 5) is 3.40. The first-order chi connectivity index (χ1) is 26.4. The minimum Gasteiger partial charge on any atom is -0.361 e. The Balaban J connectivity index is 0.000000199. The van der Waals surface area contributed by atoms with Crippen LogP contribution < -0.4 is 0 Å². The summed E-state index contributed by atoms with van der Waals surface area (Å²) in [5.74, 6) is 1.32. The molecule has 0 saturated heterocycles. The molecule has 0 aliphatic heterocycles. The van der Waals surface area contributed by atoms with Crippen molar-refractivity contribution in [1.82, 2.24) is 0 Å². The number of hydrogen-bond acceptors (Lipinski definition) is 0. The first kappa shape index (κ1) is 45.9. The standard InChI is InChI=1S/C24H30I2.C13H8I2N2.C11H22/c25-22-15-11-20(12-16-22)24(21-13-17-23(26)18-14-21)19-9-7-5-3-1-2-4-6-8-10-19;14-11-5-1-9(2-6-11)13(17-16)10-3-7-12(15)8-4-10;1-2-4-6-8-10-11-9-7-5-3-1/h11-19,24H,1-10H2;1-8H;1-11H2. The molecule has 4 aromatic rings. The largest absolute Gasteiger partial charge is 0.361 e. The molecule has 54 heavy (non-hydrogen) atoms. The van der Waals surface area contributed by atoms with E-state index in [4.69, 9.17) is 5.53 Å². The summed E-state index contributed by atoms with van der Waals surface area (Å²) in [6, 6.07) is 34.4. The second-order valence-electron chi connectivity index (χ2n) is 15.1. The van der Waals surface area contributed by atoms with Crippen LogP contribution in [0.5, 0.6) is 0 Å². The van der Waals surface area contributed by atoms with Gasteiger partial charge in [0.25, 0.3) is 0 Å². The quantitative estimate of drug-likeness (QED) is 0.0827. The summed E-state index contributed by atoms with van der Waals surface area (Å²) >= 11 is 9.33. The SMILES string of the molecule is C1CCCCCCCCCC1.Ic1ccc(C(c2ccc(I)cc2)C2CCCCCCCCCC2)cc1.[N-]=[N+]=C(c1ccc(I)cc1)c1ccc(I)cc1. The molecular formula is C48H60I4N2. The highest BCUT2D eigenvalue weighted by Gasteiger charge is 2.25. The molecule has 6 rings (SSSR count). The molecule has 0 radical (unpaired) electrons. The second-order valence-corrected chi connectivity index (χ2v) is 20.1. The Bertz CT molecular complexity index is 1490. The molecule has 290 valence electrons. The van der Waals surface area contributed by atoms with Gasteiger partial charge in [0.2, 0.25) is 0 Å². The van der Waals surface area contributed by atoms with Crippen LogP contribution in [0.25, 0.3) is 5.53 Å². The molecule has 0 unspecified atom stereocenters. The van der Waals surface area contributed by atoms with Crippen molar-refractivity contribution >= 4 is 96.1 Å². The fourth-order valence-corrected chi connectivity index (χ4v) is 9.31. The number of benzene rings is 4. The summed E-state index contributed by atoms with van der Waals surface area (Å²) in [5.41, 5.74) is 14.6. The topological polar surface area (TPSA) is 36.4 Å². The molecule has 0 amide bonds. The maximum Gasteiger partial charge on any atom is 0.329 e. The fourth-order valence-electron chi connectivity index (χ4n) is 7.87. The molecule has 2 nitrogen and oxygen atoms in total. The van der Waals surface area contributed by atoms with Crippen molar-refractivity contribution < 1.29 is 4.79 Å². The summed E-state index contributed by atoms with van der Waals surface area (Å²) in [7, 11) is 0. The van der Waals surface area contributed by atoms with Crippen LogP contribution in [-0.2, 0) is 0 Å². The van der Waals surface area contributed by atoms with Gasteiger partial charge in [-0.25, -0.2) is 0 Å². The lowest BCUT2D eigenvalue weighted by Gasteiger charge is -2.29. The first-order valence-electron chi connectivity index (χ1n) is 20.7. The normalized spacial score (nSPS) is 16.5. The minimum absolute atomic E-state index is 0.546. The highest BCUT2D eigenvalue weighted by Crippen LogP contribution is 2.39. The van der Waals surface area contributed by atoms with Crippen molar-refractivity contribution in [3.05, 3.63) is 139 Å². The van der Waals surface area contributed by atoms with Gasteiger partial charge in [-0.1, -0.05) is 146 Å². The van der Waals surface area contributed by atoms with E-state index in [2.05, 4.69) is 144 Å². The maximum atomic E-state index is 9.16. The Hall–Kier alpha value is -0.820. The monoisotopic (exact) mass is 1170 g/mol. The second kappa shape index (κ2) is 27.8. The van der Waals surface area contributed by atoms with E-state index in [-0.39, 0.29) is 0 Å². The molecule has 0 N–H and O–H groups in total. The molecule has 2 saturated carbocycles. The van der Waals surface area contributed by atoms with Crippen molar-refractivity contribution in [2.45, 2.75) is 141 Å². The third kappa shape index (κ3) is 17.8. The van der Waals surface area contributed by atoms with E-state index in [1.807, 2.05) is 48.5 Å². The molecule has 4 aromatic carbocycles. The lowest BCUT2D eigenvalue weighted by atomic mass is 9.76. The Kier molecular flexibility index (Phi) is 23.6.